The Balaban J connectivity index is 3.16. The van der Waals surface area contributed by atoms with Crippen LogP contribution in [-0.4, -0.2) is 14.2 Å². The van der Waals surface area contributed by atoms with Crippen LogP contribution in [0.15, 0.2) is 0 Å². The third-order valence-corrected chi connectivity index (χ3v) is 0.505. The zero-order valence-corrected chi connectivity index (χ0v) is 5.13. The summed E-state index contributed by atoms with van der Waals surface area (Å²) in [5.74, 6) is 0. The standard InChI is InChI=1S/C2H9N3O4/c1-4(6)5(7)9-3-8-2/h3-5H,1-2H3. The summed E-state index contributed by atoms with van der Waals surface area (Å²) in [5, 5.41) is 18.6. The van der Waals surface area contributed by atoms with Gasteiger partial charge < -0.3 is 10.4 Å². The summed E-state index contributed by atoms with van der Waals surface area (Å²) in [4.78, 5) is 8.11. The van der Waals surface area contributed by atoms with Gasteiger partial charge in [-0.1, -0.05) is 5.34 Å². The minimum atomic E-state index is -0.975. The molecule has 0 aliphatic heterocycles. The number of rotatable bonds is 4. The maximum absolute atomic E-state index is 10.2. The first-order valence-electron chi connectivity index (χ1n) is 2.18. The van der Waals surface area contributed by atoms with Gasteiger partial charge in [0, 0.05) is 0 Å². The van der Waals surface area contributed by atoms with Crippen LogP contribution >= 0.6 is 0 Å². The number of hydrogen-bond acceptors (Lipinski definition) is 5. The van der Waals surface area contributed by atoms with Crippen LogP contribution in [0.4, 0.5) is 0 Å². The molecule has 0 spiro atoms. The molecule has 0 rings (SSSR count). The smallest absolute Gasteiger partial charge is 0.114 e. The summed E-state index contributed by atoms with van der Waals surface area (Å²) < 4.78 is 0. The van der Waals surface area contributed by atoms with E-state index in [2.05, 4.69) is 9.78 Å². The number of nitrogens with one attached hydrogen (secondary N) is 3. The van der Waals surface area contributed by atoms with Gasteiger partial charge >= 0.3 is 0 Å². The average molecular weight is 139 g/mol. The SMILES string of the molecule is CONO[NH+]([O-])[NH+](C)[O-]. The monoisotopic (exact) mass is 139 g/mol. The van der Waals surface area contributed by atoms with Crippen molar-refractivity contribution in [2.24, 2.45) is 0 Å². The molecule has 0 heterocycles. The zero-order chi connectivity index (χ0) is 7.28. The van der Waals surface area contributed by atoms with Gasteiger partial charge in [-0.15, -0.1) is 0 Å². The molecule has 0 aromatic rings. The lowest BCUT2D eigenvalue weighted by molar-refractivity contribution is -1.54. The normalized spacial score (nSPS) is 17.3. The van der Waals surface area contributed by atoms with E-state index in [0.29, 0.717) is 0 Å². The fraction of sp³-hybridized carbons (Fsp3) is 1.00. The molecule has 0 bridgehead atoms. The van der Waals surface area contributed by atoms with Crippen molar-refractivity contribution >= 4 is 0 Å². The van der Waals surface area contributed by atoms with Gasteiger partial charge in [0.15, 0.2) is 0 Å². The van der Waals surface area contributed by atoms with E-state index >= 15 is 0 Å². The molecule has 0 aliphatic carbocycles. The van der Waals surface area contributed by atoms with Crippen molar-refractivity contribution in [2.45, 2.75) is 0 Å². The molecule has 0 radical (unpaired) electrons. The molecule has 2 unspecified atom stereocenters. The van der Waals surface area contributed by atoms with Crippen LogP contribution in [0, 0.1) is 10.4 Å². The first-order chi connectivity index (χ1) is 4.18. The molecule has 7 heteroatoms. The second-order valence-corrected chi connectivity index (χ2v) is 1.23. The Morgan fingerprint density at radius 3 is 2.33 bits per heavy atom. The lowest BCUT2D eigenvalue weighted by atomic mass is 11.5. The number of quaternary nitrogens is 2. The molecular formula is C2H9N3O4. The van der Waals surface area contributed by atoms with Crippen LogP contribution < -0.4 is 16.2 Å². The molecule has 3 N–H and O–H groups in total. The Kier molecular flexibility index (Phi) is 4.44. The Hall–Kier alpha value is -0.280. The van der Waals surface area contributed by atoms with E-state index in [1.54, 1.807) is 5.64 Å². The topological polar surface area (TPSA) is 85.5 Å². The lowest BCUT2D eigenvalue weighted by Gasteiger charge is -2.24. The first-order valence-corrected chi connectivity index (χ1v) is 2.18. The summed E-state index contributed by atoms with van der Waals surface area (Å²) >= 11 is 0. The summed E-state index contributed by atoms with van der Waals surface area (Å²) in [5.41, 5.74) is 1.76. The summed E-state index contributed by atoms with van der Waals surface area (Å²) in [6.45, 7) is 0. The molecule has 0 aromatic heterocycles. The number of hydroxylamine groups is 1. The minimum absolute atomic E-state index is 0.681. The van der Waals surface area contributed by atoms with Crippen LogP contribution in [0.1, 0.15) is 0 Å². The second-order valence-electron chi connectivity index (χ2n) is 1.23. The van der Waals surface area contributed by atoms with Crippen molar-refractivity contribution in [1.29, 1.82) is 0 Å². The molecule has 7 nitrogen and oxygen atoms in total. The van der Waals surface area contributed by atoms with E-state index in [9.17, 15) is 10.4 Å². The van der Waals surface area contributed by atoms with Crippen molar-refractivity contribution in [1.82, 2.24) is 5.64 Å². The molecule has 0 aromatic carbocycles. The highest BCUT2D eigenvalue weighted by molar-refractivity contribution is 3.85. The van der Waals surface area contributed by atoms with Gasteiger partial charge in [-0.25, -0.2) is 0 Å². The molecular weight excluding hydrogens is 130 g/mol. The molecule has 56 valence electrons. The van der Waals surface area contributed by atoms with Crippen molar-refractivity contribution in [3.63, 3.8) is 0 Å². The highest BCUT2D eigenvalue weighted by Gasteiger charge is 1.96. The first kappa shape index (κ1) is 8.72. The third-order valence-electron chi connectivity index (χ3n) is 0.505. The van der Waals surface area contributed by atoms with Gasteiger partial charge in [-0.3, -0.25) is 4.84 Å². The fourth-order valence-corrected chi connectivity index (χ4v) is 0.151. The van der Waals surface area contributed by atoms with Crippen LogP contribution in [0.25, 0.3) is 0 Å². The largest absolute Gasteiger partial charge is 0.581 e. The predicted molar refractivity (Wildman–Crippen MR) is 25.8 cm³/mol. The molecule has 0 aliphatic rings. The summed E-state index contributed by atoms with van der Waals surface area (Å²) in [6, 6.07) is 0. The van der Waals surface area contributed by atoms with Crippen LogP contribution in [0.5, 0.6) is 0 Å². The van der Waals surface area contributed by atoms with Crippen LogP contribution in [0.3, 0.4) is 0 Å². The van der Waals surface area contributed by atoms with Crippen molar-refractivity contribution in [3.8, 4) is 0 Å². The number of hydrogen-bond donors (Lipinski definition) is 3. The maximum atomic E-state index is 10.2. The van der Waals surface area contributed by atoms with Gasteiger partial charge in [0.05, 0.1) is 7.11 Å². The van der Waals surface area contributed by atoms with Crippen molar-refractivity contribution < 1.29 is 20.3 Å². The Labute approximate surface area is 51.7 Å². The predicted octanol–water partition coefficient (Wildman–Crippen LogP) is -3.71. The fourth-order valence-electron chi connectivity index (χ4n) is 0.151. The molecule has 0 saturated carbocycles. The Morgan fingerprint density at radius 2 is 2.00 bits per heavy atom. The van der Waals surface area contributed by atoms with Crippen LogP contribution in [-0.2, 0) is 9.78 Å². The summed E-state index contributed by atoms with van der Waals surface area (Å²) in [6.07, 6.45) is 0. The van der Waals surface area contributed by atoms with Gasteiger partial charge in [-0.2, -0.15) is 5.17 Å². The molecule has 0 amide bonds. The van der Waals surface area contributed by atoms with Gasteiger partial charge in [0.2, 0.25) is 0 Å². The Bertz CT molecular complexity index is 68.8. The van der Waals surface area contributed by atoms with Gasteiger partial charge in [0.1, 0.15) is 7.05 Å². The van der Waals surface area contributed by atoms with E-state index < -0.39 is 10.5 Å². The second kappa shape index (κ2) is 4.58. The van der Waals surface area contributed by atoms with E-state index in [4.69, 9.17) is 0 Å². The van der Waals surface area contributed by atoms with E-state index in [-0.39, 0.29) is 0 Å². The average Bonchev–Trinajstić information content (AvgIpc) is 1.82. The van der Waals surface area contributed by atoms with Crippen molar-refractivity contribution in [3.05, 3.63) is 10.4 Å². The molecule has 2 atom stereocenters. The summed E-state index contributed by atoms with van der Waals surface area (Å²) in [7, 11) is 2.35. The quantitative estimate of drug-likeness (QED) is 0.349. The van der Waals surface area contributed by atoms with Crippen molar-refractivity contribution in [2.75, 3.05) is 14.2 Å². The van der Waals surface area contributed by atoms with Crippen LogP contribution in [0.2, 0.25) is 0 Å². The third kappa shape index (κ3) is 4.24. The van der Waals surface area contributed by atoms with Gasteiger partial charge in [0.25, 0.3) is 0 Å². The van der Waals surface area contributed by atoms with Gasteiger partial charge in [-0.05, 0) is 10.6 Å². The lowest BCUT2D eigenvalue weighted by Crippen LogP contribution is -3.54. The minimum Gasteiger partial charge on any atom is -0.581 e. The molecule has 0 saturated heterocycles. The Morgan fingerprint density at radius 1 is 1.44 bits per heavy atom. The molecule has 9 heavy (non-hydrogen) atoms. The van der Waals surface area contributed by atoms with E-state index in [1.807, 2.05) is 0 Å². The highest BCUT2D eigenvalue weighted by atomic mass is 17.1. The highest BCUT2D eigenvalue weighted by Crippen LogP contribution is 1.42. The maximum Gasteiger partial charge on any atom is 0.114 e. The van der Waals surface area contributed by atoms with E-state index in [1.165, 1.54) is 7.11 Å². The molecule has 0 fully saturated rings. The van der Waals surface area contributed by atoms with E-state index in [0.717, 1.165) is 7.05 Å². The zero-order valence-electron chi connectivity index (χ0n) is 5.13.